The highest BCUT2D eigenvalue weighted by molar-refractivity contribution is 5.79. The number of aromatic nitrogens is 2. The van der Waals surface area contributed by atoms with Crippen LogP contribution < -0.4 is 5.32 Å². The first-order valence-corrected chi connectivity index (χ1v) is 8.32. The third-order valence-electron chi connectivity index (χ3n) is 4.17. The SMILES string of the molecule is Cn1ccnc1C(NC(=O)Cc1cccc(C(F)(F)F)c1)c1ccccc1. The number of hydrogen-bond acceptors (Lipinski definition) is 2. The Morgan fingerprint density at radius 1 is 1.15 bits per heavy atom. The highest BCUT2D eigenvalue weighted by atomic mass is 19.4. The molecule has 1 heterocycles. The van der Waals surface area contributed by atoms with Gasteiger partial charge in [0, 0.05) is 19.4 Å². The van der Waals surface area contributed by atoms with Crippen molar-refractivity contribution in [3.8, 4) is 0 Å². The molecule has 0 saturated carbocycles. The largest absolute Gasteiger partial charge is 0.416 e. The van der Waals surface area contributed by atoms with Crippen LogP contribution in [-0.4, -0.2) is 15.5 Å². The van der Waals surface area contributed by atoms with Crippen LogP contribution >= 0.6 is 0 Å². The summed E-state index contributed by atoms with van der Waals surface area (Å²) in [6.45, 7) is 0. The third kappa shape index (κ3) is 4.55. The molecule has 0 spiro atoms. The molecule has 27 heavy (non-hydrogen) atoms. The van der Waals surface area contributed by atoms with Crippen LogP contribution in [0.5, 0.6) is 0 Å². The summed E-state index contributed by atoms with van der Waals surface area (Å²) < 4.78 is 40.4. The molecule has 140 valence electrons. The zero-order valence-corrected chi connectivity index (χ0v) is 14.6. The number of nitrogens with zero attached hydrogens (tertiary/aromatic N) is 2. The van der Waals surface area contributed by atoms with E-state index in [1.165, 1.54) is 12.1 Å². The Labute approximate surface area is 154 Å². The van der Waals surface area contributed by atoms with Crippen LogP contribution in [0.15, 0.2) is 67.0 Å². The van der Waals surface area contributed by atoms with E-state index in [4.69, 9.17) is 0 Å². The van der Waals surface area contributed by atoms with Gasteiger partial charge >= 0.3 is 6.18 Å². The number of rotatable bonds is 5. The zero-order valence-electron chi connectivity index (χ0n) is 14.6. The first-order chi connectivity index (χ1) is 12.8. The topological polar surface area (TPSA) is 46.9 Å². The highest BCUT2D eigenvalue weighted by Crippen LogP contribution is 2.29. The van der Waals surface area contributed by atoms with Gasteiger partial charge in [0.1, 0.15) is 11.9 Å². The van der Waals surface area contributed by atoms with Crippen LogP contribution in [0.2, 0.25) is 0 Å². The summed E-state index contributed by atoms with van der Waals surface area (Å²) in [5.41, 5.74) is 0.370. The predicted octanol–water partition coefficient (Wildman–Crippen LogP) is 3.89. The third-order valence-corrected chi connectivity index (χ3v) is 4.17. The molecule has 3 rings (SSSR count). The van der Waals surface area contributed by atoms with Crippen LogP contribution in [0, 0.1) is 0 Å². The Morgan fingerprint density at radius 2 is 1.89 bits per heavy atom. The maximum atomic E-state index is 12.9. The molecular weight excluding hydrogens is 355 g/mol. The average Bonchev–Trinajstić information content (AvgIpc) is 3.06. The lowest BCUT2D eigenvalue weighted by Gasteiger charge is -2.19. The van der Waals surface area contributed by atoms with Crippen molar-refractivity contribution in [2.75, 3.05) is 0 Å². The van der Waals surface area contributed by atoms with E-state index >= 15 is 0 Å². The van der Waals surface area contributed by atoms with E-state index in [9.17, 15) is 18.0 Å². The molecule has 1 unspecified atom stereocenters. The van der Waals surface area contributed by atoms with Crippen LogP contribution in [0.25, 0.3) is 0 Å². The van der Waals surface area contributed by atoms with E-state index in [-0.39, 0.29) is 12.3 Å². The van der Waals surface area contributed by atoms with Crippen molar-refractivity contribution in [2.24, 2.45) is 7.05 Å². The van der Waals surface area contributed by atoms with Crippen LogP contribution in [-0.2, 0) is 24.4 Å². The molecule has 0 aliphatic carbocycles. The maximum Gasteiger partial charge on any atom is 0.416 e. The molecule has 1 aromatic heterocycles. The Hall–Kier alpha value is -3.09. The summed E-state index contributed by atoms with van der Waals surface area (Å²) in [5.74, 6) is 0.254. The molecule has 4 nitrogen and oxygen atoms in total. The van der Waals surface area contributed by atoms with E-state index in [0.717, 1.165) is 17.7 Å². The van der Waals surface area contributed by atoms with Gasteiger partial charge in [0.05, 0.1) is 12.0 Å². The fraction of sp³-hybridized carbons (Fsp3) is 0.200. The van der Waals surface area contributed by atoms with E-state index < -0.39 is 17.8 Å². The number of imidazole rings is 1. The van der Waals surface area contributed by atoms with E-state index in [2.05, 4.69) is 10.3 Å². The Bertz CT molecular complexity index is 919. The summed E-state index contributed by atoms with van der Waals surface area (Å²) >= 11 is 0. The summed E-state index contributed by atoms with van der Waals surface area (Å²) in [6.07, 6.45) is -1.20. The summed E-state index contributed by atoms with van der Waals surface area (Å²) in [5, 5.41) is 2.88. The second kappa shape index (κ2) is 7.65. The van der Waals surface area contributed by atoms with Crippen molar-refractivity contribution in [1.82, 2.24) is 14.9 Å². The number of amides is 1. The maximum absolute atomic E-state index is 12.9. The molecule has 2 aromatic carbocycles. The predicted molar refractivity (Wildman–Crippen MR) is 94.8 cm³/mol. The van der Waals surface area contributed by atoms with Crippen LogP contribution in [0.4, 0.5) is 13.2 Å². The molecule has 0 aliphatic heterocycles. The van der Waals surface area contributed by atoms with Crippen molar-refractivity contribution >= 4 is 5.91 Å². The van der Waals surface area contributed by atoms with E-state index in [1.54, 1.807) is 17.0 Å². The molecule has 0 aliphatic rings. The molecule has 1 atom stereocenters. The van der Waals surface area contributed by atoms with Gasteiger partial charge in [-0.05, 0) is 17.2 Å². The Morgan fingerprint density at radius 3 is 2.52 bits per heavy atom. The van der Waals surface area contributed by atoms with Crippen molar-refractivity contribution in [3.63, 3.8) is 0 Å². The van der Waals surface area contributed by atoms with Crippen molar-refractivity contribution < 1.29 is 18.0 Å². The molecule has 1 N–H and O–H groups in total. The smallest absolute Gasteiger partial charge is 0.342 e. The second-order valence-electron chi connectivity index (χ2n) is 6.18. The summed E-state index contributed by atoms with van der Waals surface area (Å²) in [7, 11) is 1.82. The summed E-state index contributed by atoms with van der Waals surface area (Å²) in [6, 6.07) is 13.6. The van der Waals surface area contributed by atoms with Crippen molar-refractivity contribution in [1.29, 1.82) is 0 Å². The normalized spacial score (nSPS) is 12.6. The van der Waals surface area contributed by atoms with Crippen molar-refractivity contribution in [2.45, 2.75) is 18.6 Å². The van der Waals surface area contributed by atoms with Crippen molar-refractivity contribution in [3.05, 3.63) is 89.5 Å². The molecule has 0 saturated heterocycles. The first-order valence-electron chi connectivity index (χ1n) is 8.32. The van der Waals surface area contributed by atoms with Crippen LogP contribution in [0.3, 0.4) is 0 Å². The minimum absolute atomic E-state index is 0.155. The Balaban J connectivity index is 1.81. The number of alkyl halides is 3. The van der Waals surface area contributed by atoms with Gasteiger partial charge in [-0.1, -0.05) is 48.5 Å². The van der Waals surface area contributed by atoms with Gasteiger partial charge in [-0.2, -0.15) is 13.2 Å². The first kappa shape index (κ1) is 18.7. The monoisotopic (exact) mass is 373 g/mol. The highest BCUT2D eigenvalue weighted by Gasteiger charge is 2.30. The summed E-state index contributed by atoms with van der Waals surface area (Å²) in [4.78, 5) is 16.8. The van der Waals surface area contributed by atoms with Gasteiger partial charge in [-0.15, -0.1) is 0 Å². The minimum atomic E-state index is -4.44. The lowest BCUT2D eigenvalue weighted by Crippen LogP contribution is -2.32. The Kier molecular flexibility index (Phi) is 5.30. The fourth-order valence-electron chi connectivity index (χ4n) is 2.85. The van der Waals surface area contributed by atoms with Gasteiger partial charge in [0.25, 0.3) is 0 Å². The van der Waals surface area contributed by atoms with E-state index in [0.29, 0.717) is 11.4 Å². The number of benzene rings is 2. The van der Waals surface area contributed by atoms with Gasteiger partial charge in [0.15, 0.2) is 0 Å². The number of nitrogens with one attached hydrogen (secondary N) is 1. The standard InChI is InChI=1S/C20H18F3N3O/c1-26-11-10-24-19(26)18(15-7-3-2-4-8-15)25-17(27)13-14-6-5-9-16(12-14)20(21,22)23/h2-12,18H,13H2,1H3,(H,25,27). The van der Waals surface area contributed by atoms with Gasteiger partial charge in [-0.25, -0.2) is 4.98 Å². The fourth-order valence-corrected chi connectivity index (χ4v) is 2.85. The number of halogens is 3. The van der Waals surface area contributed by atoms with Gasteiger partial charge in [-0.3, -0.25) is 4.79 Å². The molecule has 0 bridgehead atoms. The number of carbonyl (C=O) groups is 1. The molecule has 3 aromatic rings. The number of carbonyl (C=O) groups excluding carboxylic acids is 1. The van der Waals surface area contributed by atoms with Gasteiger partial charge < -0.3 is 9.88 Å². The quantitative estimate of drug-likeness (QED) is 0.738. The molecule has 1 amide bonds. The lowest BCUT2D eigenvalue weighted by atomic mass is 10.0. The number of hydrogen-bond donors (Lipinski definition) is 1. The molecule has 7 heteroatoms. The zero-order chi connectivity index (χ0) is 19.4. The van der Waals surface area contributed by atoms with E-state index in [1.807, 2.05) is 37.4 Å². The molecular formula is C20H18F3N3O. The van der Waals surface area contributed by atoms with Crippen LogP contribution in [0.1, 0.15) is 28.6 Å². The molecule has 0 fully saturated rings. The number of aryl methyl sites for hydroxylation is 1. The average molecular weight is 373 g/mol. The molecule has 0 radical (unpaired) electrons. The second-order valence-corrected chi connectivity index (χ2v) is 6.18. The van der Waals surface area contributed by atoms with Gasteiger partial charge in [0.2, 0.25) is 5.91 Å². The lowest BCUT2D eigenvalue weighted by molar-refractivity contribution is -0.137. The minimum Gasteiger partial charge on any atom is -0.342 e.